The second-order valence-corrected chi connectivity index (χ2v) is 3.21. The Labute approximate surface area is 128 Å². The van der Waals surface area contributed by atoms with E-state index in [1.165, 1.54) is 12.4 Å². The average Bonchev–Trinajstić information content (AvgIpc) is 2.28. The summed E-state index contributed by atoms with van der Waals surface area (Å²) in [5.74, 6) is -0.201. The molecular formula is C10H16Cl2N8. The Balaban J connectivity index is 0. The van der Waals surface area contributed by atoms with E-state index in [2.05, 4.69) is 20.4 Å². The van der Waals surface area contributed by atoms with E-state index in [9.17, 15) is 0 Å². The molecule has 0 aliphatic carbocycles. The van der Waals surface area contributed by atoms with Gasteiger partial charge in [0.1, 0.15) is 0 Å². The van der Waals surface area contributed by atoms with Gasteiger partial charge in [-0.15, -0.1) is 35.0 Å². The molecular weight excluding hydrogens is 303 g/mol. The highest BCUT2D eigenvalue weighted by molar-refractivity contribution is 5.87. The fourth-order valence-electron chi connectivity index (χ4n) is 1.04. The highest BCUT2D eigenvalue weighted by Crippen LogP contribution is 2.01. The van der Waals surface area contributed by atoms with Crippen molar-refractivity contribution in [2.75, 3.05) is 0 Å². The quantitative estimate of drug-likeness (QED) is 0.343. The maximum absolute atomic E-state index is 5.13. The van der Waals surface area contributed by atoms with Crippen LogP contribution in [0.5, 0.6) is 0 Å². The molecule has 0 atom stereocenters. The molecule has 8 nitrogen and oxygen atoms in total. The van der Waals surface area contributed by atoms with Gasteiger partial charge in [0.2, 0.25) is 11.9 Å². The van der Waals surface area contributed by atoms with E-state index in [-0.39, 0.29) is 36.7 Å². The lowest BCUT2D eigenvalue weighted by atomic mass is 10.1. The van der Waals surface area contributed by atoms with Crippen LogP contribution in [0.25, 0.3) is 0 Å². The van der Waals surface area contributed by atoms with E-state index in [0.717, 1.165) is 11.1 Å². The summed E-state index contributed by atoms with van der Waals surface area (Å²) in [6, 6.07) is 7.32. The van der Waals surface area contributed by atoms with E-state index in [0.29, 0.717) is 0 Å². The highest BCUT2D eigenvalue weighted by atomic mass is 35.5. The maximum atomic E-state index is 5.13. The lowest BCUT2D eigenvalue weighted by molar-refractivity contribution is 1.21. The third-order valence-electron chi connectivity index (χ3n) is 1.67. The summed E-state index contributed by atoms with van der Waals surface area (Å²) in [7, 11) is 0. The summed E-state index contributed by atoms with van der Waals surface area (Å²) < 4.78 is 0. The molecule has 0 heterocycles. The molecule has 0 amide bonds. The minimum absolute atomic E-state index is 0. The molecule has 1 aromatic carbocycles. The molecule has 0 aliphatic heterocycles. The van der Waals surface area contributed by atoms with Gasteiger partial charge in [0.05, 0.1) is 12.4 Å². The standard InChI is InChI=1S/C10H14N8.2ClH/c11-9(12)17-15-5-7-2-1-3-8(4-7)6-16-18-10(13)14;;/h1-6H,(H4,11,12,17)(H4,13,14,18);2*1H. The third kappa shape index (κ3) is 8.72. The Morgan fingerprint density at radius 2 is 1.20 bits per heavy atom. The first-order chi connectivity index (χ1) is 8.58. The normalized spacial score (nSPS) is 9.60. The molecule has 20 heavy (non-hydrogen) atoms. The van der Waals surface area contributed by atoms with Gasteiger partial charge in [-0.2, -0.15) is 10.2 Å². The first-order valence-corrected chi connectivity index (χ1v) is 4.92. The van der Waals surface area contributed by atoms with E-state index < -0.39 is 0 Å². The van der Waals surface area contributed by atoms with Crippen molar-refractivity contribution in [2.45, 2.75) is 0 Å². The first kappa shape index (κ1) is 20.0. The number of nitrogens with zero attached hydrogens (tertiary/aromatic N) is 4. The molecule has 0 bridgehead atoms. The Morgan fingerprint density at radius 1 is 0.800 bits per heavy atom. The summed E-state index contributed by atoms with van der Waals surface area (Å²) in [5, 5.41) is 14.4. The van der Waals surface area contributed by atoms with Crippen molar-refractivity contribution >= 4 is 49.2 Å². The Bertz CT molecular complexity index is 472. The molecule has 0 aliphatic rings. The largest absolute Gasteiger partial charge is 0.369 e. The van der Waals surface area contributed by atoms with Crippen LogP contribution < -0.4 is 22.9 Å². The zero-order valence-electron chi connectivity index (χ0n) is 10.4. The van der Waals surface area contributed by atoms with E-state index in [1.807, 2.05) is 24.3 Å². The number of hydrogen-bond acceptors (Lipinski definition) is 4. The number of hydrogen-bond donors (Lipinski definition) is 4. The molecule has 0 fully saturated rings. The molecule has 10 heteroatoms. The van der Waals surface area contributed by atoms with Crippen molar-refractivity contribution in [3.8, 4) is 0 Å². The Morgan fingerprint density at radius 3 is 1.55 bits per heavy atom. The average molecular weight is 319 g/mol. The number of guanidine groups is 2. The second kappa shape index (κ2) is 10.6. The van der Waals surface area contributed by atoms with E-state index in [1.54, 1.807) is 0 Å². The van der Waals surface area contributed by atoms with Crippen LogP contribution in [-0.2, 0) is 0 Å². The van der Waals surface area contributed by atoms with Gasteiger partial charge >= 0.3 is 0 Å². The topological polar surface area (TPSA) is 154 Å². The predicted octanol–water partition coefficient (Wildman–Crippen LogP) is -0.255. The van der Waals surface area contributed by atoms with Crippen LogP contribution in [-0.4, -0.2) is 24.3 Å². The second-order valence-electron chi connectivity index (χ2n) is 3.21. The monoisotopic (exact) mass is 318 g/mol. The fraction of sp³-hybridized carbons (Fsp3) is 0. The minimum Gasteiger partial charge on any atom is -0.369 e. The van der Waals surface area contributed by atoms with Crippen LogP contribution in [0.3, 0.4) is 0 Å². The molecule has 1 rings (SSSR count). The lowest BCUT2D eigenvalue weighted by Gasteiger charge is -1.94. The molecule has 110 valence electrons. The first-order valence-electron chi connectivity index (χ1n) is 4.92. The molecule has 1 aromatic rings. The smallest absolute Gasteiger partial charge is 0.211 e. The number of benzene rings is 1. The summed E-state index contributed by atoms with van der Waals surface area (Å²) in [6.07, 6.45) is 3.02. The lowest BCUT2D eigenvalue weighted by Crippen LogP contribution is -2.21. The number of rotatable bonds is 4. The van der Waals surface area contributed by atoms with Crippen LogP contribution in [0.2, 0.25) is 0 Å². The van der Waals surface area contributed by atoms with Gasteiger partial charge in [-0.3, -0.25) is 0 Å². The van der Waals surface area contributed by atoms with E-state index in [4.69, 9.17) is 22.9 Å². The van der Waals surface area contributed by atoms with Crippen LogP contribution in [0.15, 0.2) is 44.7 Å². The summed E-state index contributed by atoms with van der Waals surface area (Å²) in [5.41, 5.74) is 22.2. The molecule has 0 saturated heterocycles. The molecule has 0 spiro atoms. The summed E-state index contributed by atoms with van der Waals surface area (Å²) in [4.78, 5) is 0. The Kier molecular flexibility index (Phi) is 10.6. The van der Waals surface area contributed by atoms with Crippen molar-refractivity contribution in [2.24, 2.45) is 43.3 Å². The molecule has 0 radical (unpaired) electrons. The maximum Gasteiger partial charge on any atom is 0.211 e. The van der Waals surface area contributed by atoms with Gasteiger partial charge < -0.3 is 22.9 Å². The van der Waals surface area contributed by atoms with Gasteiger partial charge in [0, 0.05) is 0 Å². The van der Waals surface area contributed by atoms with Crippen LogP contribution in [0.1, 0.15) is 11.1 Å². The Hall–Kier alpha value is -2.32. The summed E-state index contributed by atoms with van der Waals surface area (Å²) in [6.45, 7) is 0. The van der Waals surface area contributed by atoms with Crippen LogP contribution in [0, 0.1) is 0 Å². The van der Waals surface area contributed by atoms with Crippen molar-refractivity contribution in [1.82, 2.24) is 0 Å². The van der Waals surface area contributed by atoms with Crippen LogP contribution in [0.4, 0.5) is 0 Å². The molecule has 0 unspecified atom stereocenters. The third-order valence-corrected chi connectivity index (χ3v) is 1.67. The fourth-order valence-corrected chi connectivity index (χ4v) is 1.04. The zero-order valence-corrected chi connectivity index (χ0v) is 12.0. The number of halogens is 2. The van der Waals surface area contributed by atoms with E-state index >= 15 is 0 Å². The zero-order chi connectivity index (χ0) is 13.4. The predicted molar refractivity (Wildman–Crippen MR) is 87.7 cm³/mol. The summed E-state index contributed by atoms with van der Waals surface area (Å²) >= 11 is 0. The van der Waals surface area contributed by atoms with Crippen molar-refractivity contribution in [1.29, 1.82) is 0 Å². The molecule has 0 aromatic heterocycles. The van der Waals surface area contributed by atoms with Crippen molar-refractivity contribution in [3.05, 3.63) is 35.4 Å². The van der Waals surface area contributed by atoms with Crippen molar-refractivity contribution in [3.63, 3.8) is 0 Å². The van der Waals surface area contributed by atoms with Gasteiger partial charge in [-0.05, 0) is 17.2 Å². The van der Waals surface area contributed by atoms with Gasteiger partial charge in [-0.25, -0.2) is 0 Å². The number of nitrogens with two attached hydrogens (primary N) is 4. The minimum atomic E-state index is -0.100. The van der Waals surface area contributed by atoms with Gasteiger partial charge in [0.25, 0.3) is 0 Å². The molecule has 0 saturated carbocycles. The van der Waals surface area contributed by atoms with Crippen LogP contribution >= 0.6 is 24.8 Å². The van der Waals surface area contributed by atoms with Crippen molar-refractivity contribution < 1.29 is 0 Å². The van der Waals surface area contributed by atoms with Gasteiger partial charge in [-0.1, -0.05) is 18.2 Å². The SMILES string of the molecule is Cl.Cl.NC(N)=NN=Cc1cccc(C=NN=C(N)N)c1. The molecule has 8 N–H and O–H groups in total. The van der Waals surface area contributed by atoms with Gasteiger partial charge in [0.15, 0.2) is 0 Å². The highest BCUT2D eigenvalue weighted by Gasteiger charge is 1.90.